The molecule has 200 valence electrons. The largest absolute Gasteiger partial charge is 0.507 e. The zero-order valence-electron chi connectivity index (χ0n) is 22.1. The number of para-hydroxylation sites is 1. The number of hydrogen-bond donors (Lipinski definition) is 4. The molecule has 0 spiro atoms. The number of primary amides is 1. The van der Waals surface area contributed by atoms with Crippen LogP contribution in [0, 0.1) is 6.92 Å². The van der Waals surface area contributed by atoms with Gasteiger partial charge in [-0.25, -0.2) is 4.79 Å². The Morgan fingerprint density at radius 1 is 1.19 bits per heavy atom. The van der Waals surface area contributed by atoms with Crippen molar-refractivity contribution in [3.8, 4) is 5.75 Å². The Morgan fingerprint density at radius 2 is 1.83 bits per heavy atom. The minimum atomic E-state index is -1.34. The van der Waals surface area contributed by atoms with Crippen LogP contribution in [0.5, 0.6) is 5.75 Å². The van der Waals surface area contributed by atoms with Crippen molar-refractivity contribution in [1.82, 2.24) is 15.5 Å². The Labute approximate surface area is 212 Å². The lowest BCUT2D eigenvalue weighted by molar-refractivity contribution is -0.144. The van der Waals surface area contributed by atoms with Gasteiger partial charge in [0, 0.05) is 17.6 Å². The van der Waals surface area contributed by atoms with E-state index in [9.17, 15) is 24.3 Å². The maximum absolute atomic E-state index is 13.9. The van der Waals surface area contributed by atoms with Gasteiger partial charge >= 0.3 is 6.09 Å². The first-order valence-electron chi connectivity index (χ1n) is 12.4. The number of phenolic OH excluding ortho intramolecular Hbond substituents is 1. The van der Waals surface area contributed by atoms with E-state index in [2.05, 4.69) is 10.6 Å². The van der Waals surface area contributed by atoms with Gasteiger partial charge in [0.2, 0.25) is 17.7 Å². The second-order valence-electron chi connectivity index (χ2n) is 10.5. The highest BCUT2D eigenvalue weighted by molar-refractivity contribution is 5.95. The van der Waals surface area contributed by atoms with Crippen LogP contribution in [0.25, 0.3) is 0 Å². The van der Waals surface area contributed by atoms with Crippen LogP contribution in [-0.2, 0) is 19.1 Å². The van der Waals surface area contributed by atoms with E-state index in [1.807, 2.05) is 13.8 Å². The van der Waals surface area contributed by atoms with Crippen molar-refractivity contribution in [2.45, 2.75) is 103 Å². The lowest BCUT2D eigenvalue weighted by Crippen LogP contribution is -2.55. The number of amides is 4. The number of alkyl carbamates (subject to hydrolysis) is 1. The highest BCUT2D eigenvalue weighted by Crippen LogP contribution is 2.39. The van der Waals surface area contributed by atoms with Crippen LogP contribution in [0.15, 0.2) is 18.2 Å². The summed E-state index contributed by atoms with van der Waals surface area (Å²) in [6, 6.07) is 2.05. The van der Waals surface area contributed by atoms with Gasteiger partial charge in [0.15, 0.2) is 0 Å². The number of hydrogen-bond acceptors (Lipinski definition) is 6. The molecule has 0 aromatic heterocycles. The van der Waals surface area contributed by atoms with Crippen LogP contribution in [0.3, 0.4) is 0 Å². The molecule has 1 aromatic carbocycles. The summed E-state index contributed by atoms with van der Waals surface area (Å²) in [7, 11) is 0. The molecule has 1 fully saturated rings. The standard InChI is InChI=1S/C26H40N4O6/c1-7-9-16(3)28-23(33)21(18-11-8-10-15(2)22(18)32)30(17-12-13-17)24(34)19(14-20(27)31)29-25(35)36-26(4,5)6/h8,10-11,16-17,19,21,32H,7,9,12-14H2,1-6H3,(H2,27,31)(H,28,33)(H,29,35). The van der Waals surface area contributed by atoms with E-state index in [0.29, 0.717) is 18.4 Å². The second-order valence-corrected chi connectivity index (χ2v) is 10.5. The predicted molar refractivity (Wildman–Crippen MR) is 135 cm³/mol. The first-order valence-corrected chi connectivity index (χ1v) is 12.4. The Kier molecular flexibility index (Phi) is 9.72. The Balaban J connectivity index is 2.50. The normalized spacial score (nSPS) is 15.8. The highest BCUT2D eigenvalue weighted by Gasteiger charge is 2.45. The van der Waals surface area contributed by atoms with Crippen LogP contribution < -0.4 is 16.4 Å². The SMILES string of the molecule is CCCC(C)NC(=O)C(c1cccc(C)c1O)N(C(=O)C(CC(N)=O)NC(=O)OC(C)(C)C)C1CC1. The molecular formula is C26H40N4O6. The zero-order valence-corrected chi connectivity index (χ0v) is 22.1. The van der Waals surface area contributed by atoms with Gasteiger partial charge in [-0.2, -0.15) is 0 Å². The number of carbonyl (C=O) groups excluding carboxylic acids is 4. The number of nitrogens with two attached hydrogens (primary N) is 1. The summed E-state index contributed by atoms with van der Waals surface area (Å²) >= 11 is 0. The van der Waals surface area contributed by atoms with E-state index >= 15 is 0 Å². The van der Waals surface area contributed by atoms with Gasteiger partial charge in [0.05, 0.1) is 6.42 Å². The molecule has 3 unspecified atom stereocenters. The number of aromatic hydroxyl groups is 1. The Bertz CT molecular complexity index is 970. The average molecular weight is 505 g/mol. The van der Waals surface area contributed by atoms with Gasteiger partial charge in [0.1, 0.15) is 23.4 Å². The summed E-state index contributed by atoms with van der Waals surface area (Å²) in [5, 5.41) is 16.3. The summed E-state index contributed by atoms with van der Waals surface area (Å²) in [6.45, 7) is 10.6. The lowest BCUT2D eigenvalue weighted by atomic mass is 9.98. The molecular weight excluding hydrogens is 464 g/mol. The molecule has 1 aliphatic carbocycles. The number of benzene rings is 1. The number of nitrogens with one attached hydrogen (secondary N) is 2. The number of ether oxygens (including phenoxy) is 1. The van der Waals surface area contributed by atoms with Crippen LogP contribution in [0.1, 0.15) is 83.9 Å². The fraction of sp³-hybridized carbons (Fsp3) is 0.615. The fourth-order valence-corrected chi connectivity index (χ4v) is 4.05. The third kappa shape index (κ3) is 8.13. The van der Waals surface area contributed by atoms with Crippen molar-refractivity contribution < 1.29 is 29.0 Å². The van der Waals surface area contributed by atoms with Gasteiger partial charge in [-0.3, -0.25) is 14.4 Å². The van der Waals surface area contributed by atoms with Gasteiger partial charge in [-0.1, -0.05) is 31.5 Å². The van der Waals surface area contributed by atoms with E-state index in [-0.39, 0.29) is 23.4 Å². The summed E-state index contributed by atoms with van der Waals surface area (Å²) in [5.74, 6) is -1.99. The molecule has 0 radical (unpaired) electrons. The van der Waals surface area contributed by atoms with Crippen LogP contribution in [-0.4, -0.2) is 57.5 Å². The predicted octanol–water partition coefficient (Wildman–Crippen LogP) is 2.81. The van der Waals surface area contributed by atoms with E-state index in [1.54, 1.807) is 45.9 Å². The molecule has 10 heteroatoms. The van der Waals surface area contributed by atoms with E-state index < -0.39 is 47.9 Å². The molecule has 0 heterocycles. The molecule has 0 aliphatic heterocycles. The average Bonchev–Trinajstić information content (AvgIpc) is 3.56. The van der Waals surface area contributed by atoms with Crippen molar-refractivity contribution in [1.29, 1.82) is 0 Å². The smallest absolute Gasteiger partial charge is 0.408 e. The molecule has 0 saturated heterocycles. The number of carbonyl (C=O) groups is 4. The van der Waals surface area contributed by atoms with Gasteiger partial charge in [-0.05, 0) is 59.4 Å². The molecule has 1 aliphatic rings. The minimum Gasteiger partial charge on any atom is -0.507 e. The third-order valence-corrected chi connectivity index (χ3v) is 5.79. The fourth-order valence-electron chi connectivity index (χ4n) is 4.05. The van der Waals surface area contributed by atoms with Gasteiger partial charge in [0.25, 0.3) is 0 Å². The van der Waals surface area contributed by atoms with E-state index in [0.717, 1.165) is 12.8 Å². The number of rotatable bonds is 11. The molecule has 1 saturated carbocycles. The van der Waals surface area contributed by atoms with E-state index in [4.69, 9.17) is 10.5 Å². The maximum atomic E-state index is 13.9. The van der Waals surface area contributed by atoms with Crippen molar-refractivity contribution in [3.05, 3.63) is 29.3 Å². The molecule has 3 atom stereocenters. The zero-order chi connectivity index (χ0) is 27.2. The van der Waals surface area contributed by atoms with E-state index in [1.165, 1.54) is 4.90 Å². The number of phenols is 1. The quantitative estimate of drug-likeness (QED) is 0.364. The molecule has 2 rings (SSSR count). The molecule has 4 amide bonds. The highest BCUT2D eigenvalue weighted by atomic mass is 16.6. The molecule has 0 bridgehead atoms. The third-order valence-electron chi connectivity index (χ3n) is 5.79. The van der Waals surface area contributed by atoms with Crippen molar-refractivity contribution >= 4 is 23.8 Å². The summed E-state index contributed by atoms with van der Waals surface area (Å²) in [5.41, 5.74) is 5.39. The first kappa shape index (κ1) is 28.9. The topological polar surface area (TPSA) is 151 Å². The molecule has 10 nitrogen and oxygen atoms in total. The van der Waals surface area contributed by atoms with Crippen molar-refractivity contribution in [2.75, 3.05) is 0 Å². The summed E-state index contributed by atoms with van der Waals surface area (Å²) < 4.78 is 5.27. The van der Waals surface area contributed by atoms with Crippen LogP contribution >= 0.6 is 0 Å². The molecule has 5 N–H and O–H groups in total. The van der Waals surface area contributed by atoms with Crippen molar-refractivity contribution in [2.24, 2.45) is 5.73 Å². The minimum absolute atomic E-state index is 0.0919. The van der Waals surface area contributed by atoms with Crippen molar-refractivity contribution in [3.63, 3.8) is 0 Å². The second kappa shape index (κ2) is 12.1. The molecule has 1 aromatic rings. The monoisotopic (exact) mass is 504 g/mol. The first-order chi connectivity index (χ1) is 16.7. The summed E-state index contributed by atoms with van der Waals surface area (Å²) in [4.78, 5) is 53.1. The Hall–Kier alpha value is -3.30. The molecule has 36 heavy (non-hydrogen) atoms. The Morgan fingerprint density at radius 3 is 2.36 bits per heavy atom. The number of aryl methyl sites for hydroxylation is 1. The van der Waals surface area contributed by atoms with Gasteiger partial charge < -0.3 is 31.1 Å². The van der Waals surface area contributed by atoms with Gasteiger partial charge in [-0.15, -0.1) is 0 Å². The summed E-state index contributed by atoms with van der Waals surface area (Å²) in [6.07, 6.45) is 1.52. The van der Waals surface area contributed by atoms with Crippen LogP contribution in [0.4, 0.5) is 4.79 Å². The van der Waals surface area contributed by atoms with Crippen LogP contribution in [0.2, 0.25) is 0 Å². The number of nitrogens with zero attached hydrogens (tertiary/aromatic N) is 1. The maximum Gasteiger partial charge on any atom is 0.408 e. The lowest BCUT2D eigenvalue weighted by Gasteiger charge is -2.35.